The number of thioether (sulfide) groups is 1. The largest absolute Gasteiger partial charge is 0.454 e. The van der Waals surface area contributed by atoms with E-state index in [0.29, 0.717) is 18.0 Å². The van der Waals surface area contributed by atoms with Gasteiger partial charge in [-0.25, -0.2) is 4.79 Å². The quantitative estimate of drug-likeness (QED) is 0.566. The first kappa shape index (κ1) is 22.7. The molecule has 0 saturated carbocycles. The fourth-order valence-electron chi connectivity index (χ4n) is 4.08. The van der Waals surface area contributed by atoms with Gasteiger partial charge in [0.25, 0.3) is 0 Å². The molecule has 3 heterocycles. The predicted octanol–water partition coefficient (Wildman–Crippen LogP) is 0.732. The SMILES string of the molecule is CC(C)C1NC(SCC(=O)NCc2ccc3c(c2)OCO3)C2C(=O)N(C)C(=O)N(C)C2N1. The Morgan fingerprint density at radius 2 is 1.97 bits per heavy atom. The Bertz CT molecular complexity index is 913. The number of urea groups is 1. The first-order valence-electron chi connectivity index (χ1n) is 10.6. The maximum absolute atomic E-state index is 12.9. The van der Waals surface area contributed by atoms with Crippen LogP contribution in [0.5, 0.6) is 11.5 Å². The number of hydrogen-bond acceptors (Lipinski definition) is 8. The molecule has 2 fully saturated rings. The van der Waals surface area contributed by atoms with E-state index in [1.165, 1.54) is 18.8 Å². The molecule has 10 nitrogen and oxygen atoms in total. The number of benzene rings is 1. The Balaban J connectivity index is 1.38. The zero-order valence-electron chi connectivity index (χ0n) is 18.6. The molecule has 1 aromatic carbocycles. The monoisotopic (exact) mass is 463 g/mol. The lowest BCUT2D eigenvalue weighted by atomic mass is 9.95. The molecule has 3 aliphatic heterocycles. The third-order valence-electron chi connectivity index (χ3n) is 5.97. The smallest absolute Gasteiger partial charge is 0.327 e. The maximum Gasteiger partial charge on any atom is 0.327 e. The van der Waals surface area contributed by atoms with Crippen molar-refractivity contribution < 1.29 is 23.9 Å². The molecule has 3 aliphatic rings. The van der Waals surface area contributed by atoms with Crippen molar-refractivity contribution in [3.05, 3.63) is 23.8 Å². The van der Waals surface area contributed by atoms with Crippen molar-refractivity contribution in [1.82, 2.24) is 25.8 Å². The van der Waals surface area contributed by atoms with Crippen molar-refractivity contribution in [1.29, 1.82) is 0 Å². The molecule has 174 valence electrons. The lowest BCUT2D eigenvalue weighted by molar-refractivity contribution is -0.140. The highest BCUT2D eigenvalue weighted by Crippen LogP contribution is 2.33. The molecule has 2 saturated heterocycles. The van der Waals surface area contributed by atoms with Gasteiger partial charge in [0, 0.05) is 20.6 Å². The lowest BCUT2D eigenvalue weighted by Gasteiger charge is -2.51. The number of ether oxygens (including phenoxy) is 2. The summed E-state index contributed by atoms with van der Waals surface area (Å²) in [6, 6.07) is 5.23. The number of amides is 4. The van der Waals surface area contributed by atoms with E-state index >= 15 is 0 Å². The predicted molar refractivity (Wildman–Crippen MR) is 119 cm³/mol. The van der Waals surface area contributed by atoms with Gasteiger partial charge >= 0.3 is 6.03 Å². The normalized spacial score (nSPS) is 27.0. The van der Waals surface area contributed by atoms with Gasteiger partial charge in [-0.15, -0.1) is 11.8 Å². The van der Waals surface area contributed by atoms with Crippen molar-refractivity contribution in [2.24, 2.45) is 11.8 Å². The molecule has 4 unspecified atom stereocenters. The highest BCUT2D eigenvalue weighted by Gasteiger charge is 2.51. The van der Waals surface area contributed by atoms with Crippen LogP contribution >= 0.6 is 11.8 Å². The topological polar surface area (TPSA) is 112 Å². The number of hydrogen-bond donors (Lipinski definition) is 3. The average molecular weight is 464 g/mol. The molecule has 4 rings (SSSR count). The standard InChI is InChI=1S/C21H29N5O5S/c1-11(2)17-23-18-16(20(28)26(4)21(29)25(18)3)19(24-17)32-9-15(27)22-8-12-5-6-13-14(7-12)31-10-30-13/h5-7,11,16-19,23-24H,8-10H2,1-4H3,(H,22,27). The maximum atomic E-state index is 12.9. The molecule has 32 heavy (non-hydrogen) atoms. The molecular weight excluding hydrogens is 434 g/mol. The second kappa shape index (κ2) is 9.16. The summed E-state index contributed by atoms with van der Waals surface area (Å²) >= 11 is 1.38. The second-order valence-corrected chi connectivity index (χ2v) is 9.64. The fraction of sp³-hybridized carbons (Fsp3) is 0.571. The van der Waals surface area contributed by atoms with Crippen LogP contribution in [0.1, 0.15) is 19.4 Å². The Morgan fingerprint density at radius 3 is 2.72 bits per heavy atom. The number of rotatable bonds is 6. The molecule has 0 spiro atoms. The zero-order chi connectivity index (χ0) is 23.0. The van der Waals surface area contributed by atoms with Crippen molar-refractivity contribution in [2.45, 2.75) is 38.1 Å². The van der Waals surface area contributed by atoms with E-state index in [9.17, 15) is 14.4 Å². The minimum Gasteiger partial charge on any atom is -0.454 e. The van der Waals surface area contributed by atoms with Crippen LogP contribution in [0.4, 0.5) is 4.79 Å². The summed E-state index contributed by atoms with van der Waals surface area (Å²) in [5.41, 5.74) is 0.914. The van der Waals surface area contributed by atoms with Crippen molar-refractivity contribution in [3.63, 3.8) is 0 Å². The zero-order valence-corrected chi connectivity index (χ0v) is 19.4. The van der Waals surface area contributed by atoms with Gasteiger partial charge in [0.1, 0.15) is 0 Å². The van der Waals surface area contributed by atoms with Crippen molar-refractivity contribution >= 4 is 29.6 Å². The highest BCUT2D eigenvalue weighted by molar-refractivity contribution is 8.00. The van der Waals surface area contributed by atoms with E-state index in [1.807, 2.05) is 18.2 Å². The van der Waals surface area contributed by atoms with Gasteiger partial charge in [-0.3, -0.25) is 25.1 Å². The third-order valence-corrected chi connectivity index (χ3v) is 7.19. The third kappa shape index (κ3) is 4.37. The van der Waals surface area contributed by atoms with E-state index in [1.54, 1.807) is 11.9 Å². The molecule has 0 aliphatic carbocycles. The van der Waals surface area contributed by atoms with E-state index in [4.69, 9.17) is 9.47 Å². The Morgan fingerprint density at radius 1 is 1.22 bits per heavy atom. The van der Waals surface area contributed by atoms with E-state index in [2.05, 4.69) is 29.8 Å². The van der Waals surface area contributed by atoms with Crippen LogP contribution in [0, 0.1) is 11.8 Å². The summed E-state index contributed by atoms with van der Waals surface area (Å²) in [6.45, 7) is 4.70. The molecular formula is C21H29N5O5S. The summed E-state index contributed by atoms with van der Waals surface area (Å²) in [4.78, 5) is 40.6. The minimum absolute atomic E-state index is 0.0862. The minimum atomic E-state index is -0.496. The van der Waals surface area contributed by atoms with Crippen LogP contribution in [-0.2, 0) is 16.1 Å². The van der Waals surface area contributed by atoms with Crippen molar-refractivity contribution in [2.75, 3.05) is 26.6 Å². The summed E-state index contributed by atoms with van der Waals surface area (Å²) < 4.78 is 10.7. The van der Waals surface area contributed by atoms with E-state index in [-0.39, 0.29) is 47.8 Å². The van der Waals surface area contributed by atoms with Gasteiger partial charge in [0.15, 0.2) is 11.5 Å². The molecule has 1 aromatic rings. The summed E-state index contributed by atoms with van der Waals surface area (Å²) in [7, 11) is 3.18. The van der Waals surface area contributed by atoms with Crippen LogP contribution in [0.25, 0.3) is 0 Å². The number of nitrogens with zero attached hydrogens (tertiary/aromatic N) is 2. The van der Waals surface area contributed by atoms with Crippen LogP contribution < -0.4 is 25.4 Å². The van der Waals surface area contributed by atoms with E-state index in [0.717, 1.165) is 10.5 Å². The fourth-order valence-corrected chi connectivity index (χ4v) is 5.23. The summed E-state index contributed by atoms with van der Waals surface area (Å²) in [5, 5.41) is 9.44. The van der Waals surface area contributed by atoms with Crippen LogP contribution in [0.2, 0.25) is 0 Å². The van der Waals surface area contributed by atoms with Gasteiger partial charge < -0.3 is 19.7 Å². The van der Waals surface area contributed by atoms with Crippen LogP contribution in [0.15, 0.2) is 18.2 Å². The number of fused-ring (bicyclic) bond motifs is 2. The number of carbonyl (C=O) groups excluding carboxylic acids is 3. The molecule has 0 bridgehead atoms. The first-order valence-corrected chi connectivity index (χ1v) is 11.6. The van der Waals surface area contributed by atoms with Gasteiger partial charge in [0.2, 0.25) is 18.6 Å². The van der Waals surface area contributed by atoms with Gasteiger partial charge in [-0.05, 0) is 23.6 Å². The second-order valence-electron chi connectivity index (χ2n) is 8.51. The highest BCUT2D eigenvalue weighted by atomic mass is 32.2. The average Bonchev–Trinajstić information content (AvgIpc) is 3.25. The Kier molecular flexibility index (Phi) is 6.50. The van der Waals surface area contributed by atoms with Crippen molar-refractivity contribution in [3.8, 4) is 11.5 Å². The van der Waals surface area contributed by atoms with Crippen LogP contribution in [0.3, 0.4) is 0 Å². The Hall–Kier alpha value is -2.50. The molecule has 4 atom stereocenters. The van der Waals surface area contributed by atoms with Crippen LogP contribution in [-0.4, -0.2) is 72.0 Å². The first-order chi connectivity index (χ1) is 15.3. The molecule has 11 heteroatoms. The van der Waals surface area contributed by atoms with Gasteiger partial charge in [-0.2, -0.15) is 0 Å². The molecule has 3 N–H and O–H groups in total. The summed E-state index contributed by atoms with van der Waals surface area (Å²) in [5.74, 6) is 0.916. The van der Waals surface area contributed by atoms with Gasteiger partial charge in [-0.1, -0.05) is 19.9 Å². The molecule has 0 radical (unpaired) electrons. The number of imide groups is 1. The lowest BCUT2D eigenvalue weighted by Crippen LogP contribution is -2.75. The molecule has 0 aromatic heterocycles. The summed E-state index contributed by atoms with van der Waals surface area (Å²) in [6.07, 6.45) is -0.508. The Labute approximate surface area is 191 Å². The van der Waals surface area contributed by atoms with E-state index < -0.39 is 12.1 Å². The number of nitrogens with one attached hydrogen (secondary N) is 3. The number of carbonyl (C=O) groups is 3. The van der Waals surface area contributed by atoms with Gasteiger partial charge in [0.05, 0.1) is 29.4 Å². The molecule has 4 amide bonds.